The van der Waals surface area contributed by atoms with E-state index in [0.717, 1.165) is 18.3 Å². The average molecular weight is 369 g/mol. The zero-order chi connectivity index (χ0) is 18.9. The van der Waals surface area contributed by atoms with E-state index in [1.54, 1.807) is 27.4 Å². The molecule has 0 saturated carbocycles. The molecule has 2 aromatic heterocycles. The van der Waals surface area contributed by atoms with E-state index in [4.69, 9.17) is 0 Å². The summed E-state index contributed by atoms with van der Waals surface area (Å²) in [7, 11) is 3.58. The molecule has 0 bridgehead atoms. The second-order valence-electron chi connectivity index (χ2n) is 6.82. The third-order valence-electron chi connectivity index (χ3n) is 4.86. The number of fused-ring (bicyclic) bond motifs is 1. The summed E-state index contributed by atoms with van der Waals surface area (Å²) < 4.78 is 41.7. The van der Waals surface area contributed by atoms with Gasteiger partial charge in [0.1, 0.15) is 5.82 Å². The highest BCUT2D eigenvalue weighted by Gasteiger charge is 2.35. The molecule has 1 unspecified atom stereocenters. The van der Waals surface area contributed by atoms with Gasteiger partial charge in [-0.2, -0.15) is 18.3 Å². The molecule has 0 radical (unpaired) electrons. The van der Waals surface area contributed by atoms with Crippen molar-refractivity contribution < 1.29 is 18.0 Å². The Labute approximate surface area is 149 Å². The van der Waals surface area contributed by atoms with Crippen LogP contribution in [0.15, 0.2) is 18.5 Å². The highest BCUT2D eigenvalue weighted by molar-refractivity contribution is 5.76. The number of aryl methyl sites for hydroxylation is 3. The van der Waals surface area contributed by atoms with Crippen LogP contribution in [-0.2, 0) is 37.4 Å². The lowest BCUT2D eigenvalue weighted by molar-refractivity contribution is -0.141. The van der Waals surface area contributed by atoms with Gasteiger partial charge in [0, 0.05) is 58.1 Å². The van der Waals surface area contributed by atoms with Gasteiger partial charge in [-0.05, 0) is 24.8 Å². The van der Waals surface area contributed by atoms with E-state index in [1.165, 1.54) is 0 Å². The van der Waals surface area contributed by atoms with Crippen LogP contribution in [0.4, 0.5) is 13.2 Å². The van der Waals surface area contributed by atoms with Gasteiger partial charge < -0.3 is 9.47 Å². The standard InChI is InChI=1S/C17H22F3N5O/c1-23(16(26)6-4-13-7-8-21-24(13)2)9-12-3-5-15-22-14(17(18,19)20)11-25(15)10-12/h7-8,11-12H,3-6,9-10H2,1-2H3. The molecule has 142 valence electrons. The van der Waals surface area contributed by atoms with Crippen molar-refractivity contribution >= 4 is 5.91 Å². The van der Waals surface area contributed by atoms with Gasteiger partial charge in [0.05, 0.1) is 0 Å². The Morgan fingerprint density at radius 2 is 2.19 bits per heavy atom. The molecule has 9 heteroatoms. The number of halogens is 3. The smallest absolute Gasteiger partial charge is 0.345 e. The Morgan fingerprint density at radius 1 is 1.42 bits per heavy atom. The van der Waals surface area contributed by atoms with Gasteiger partial charge >= 0.3 is 6.18 Å². The number of nitrogens with zero attached hydrogens (tertiary/aromatic N) is 5. The van der Waals surface area contributed by atoms with Crippen molar-refractivity contribution in [3.63, 3.8) is 0 Å². The van der Waals surface area contributed by atoms with Crippen molar-refractivity contribution in [2.24, 2.45) is 13.0 Å². The fourth-order valence-corrected chi connectivity index (χ4v) is 3.36. The predicted molar refractivity (Wildman–Crippen MR) is 88.2 cm³/mol. The Hall–Kier alpha value is -2.32. The Bertz CT molecular complexity index is 780. The lowest BCUT2D eigenvalue weighted by Crippen LogP contribution is -2.35. The molecule has 0 aromatic carbocycles. The van der Waals surface area contributed by atoms with Crippen LogP contribution in [0.3, 0.4) is 0 Å². The number of hydrogen-bond donors (Lipinski definition) is 0. The number of rotatable bonds is 5. The van der Waals surface area contributed by atoms with Crippen molar-refractivity contribution in [1.29, 1.82) is 0 Å². The van der Waals surface area contributed by atoms with Crippen molar-refractivity contribution in [1.82, 2.24) is 24.2 Å². The molecule has 0 fully saturated rings. The predicted octanol–water partition coefficient (Wildman–Crippen LogP) is 2.29. The summed E-state index contributed by atoms with van der Waals surface area (Å²) in [6.45, 7) is 0.987. The molecule has 0 aliphatic carbocycles. The fourth-order valence-electron chi connectivity index (χ4n) is 3.36. The van der Waals surface area contributed by atoms with E-state index < -0.39 is 11.9 Å². The quantitative estimate of drug-likeness (QED) is 0.813. The molecule has 1 aliphatic rings. The average Bonchev–Trinajstić information content (AvgIpc) is 3.17. The van der Waals surface area contributed by atoms with Crippen LogP contribution in [0.25, 0.3) is 0 Å². The molecule has 0 spiro atoms. The molecular weight excluding hydrogens is 347 g/mol. The van der Waals surface area contributed by atoms with Crippen LogP contribution in [0.1, 0.15) is 30.1 Å². The maximum atomic E-state index is 12.8. The fraction of sp³-hybridized carbons (Fsp3) is 0.588. The van der Waals surface area contributed by atoms with Crippen LogP contribution in [-0.4, -0.2) is 43.7 Å². The van der Waals surface area contributed by atoms with Gasteiger partial charge in [0.15, 0.2) is 5.69 Å². The highest BCUT2D eigenvalue weighted by atomic mass is 19.4. The van der Waals surface area contributed by atoms with Crippen LogP contribution < -0.4 is 0 Å². The minimum Gasteiger partial charge on any atom is -0.345 e. The Morgan fingerprint density at radius 3 is 2.85 bits per heavy atom. The van der Waals surface area contributed by atoms with Crippen LogP contribution in [0, 0.1) is 5.92 Å². The summed E-state index contributed by atoms with van der Waals surface area (Å²) >= 11 is 0. The summed E-state index contributed by atoms with van der Waals surface area (Å²) in [4.78, 5) is 17.7. The minimum atomic E-state index is -4.42. The van der Waals surface area contributed by atoms with Crippen LogP contribution >= 0.6 is 0 Å². The molecule has 26 heavy (non-hydrogen) atoms. The summed E-state index contributed by atoms with van der Waals surface area (Å²) in [5.41, 5.74) is 0.154. The Balaban J connectivity index is 1.53. The van der Waals surface area contributed by atoms with Gasteiger partial charge in [-0.15, -0.1) is 0 Å². The number of hydrogen-bond acceptors (Lipinski definition) is 3. The first kappa shape index (κ1) is 18.5. The summed E-state index contributed by atoms with van der Waals surface area (Å²) in [6.07, 6.45) is 0.585. The number of alkyl halides is 3. The first-order valence-electron chi connectivity index (χ1n) is 8.58. The molecule has 1 atom stereocenters. The van der Waals surface area contributed by atoms with Crippen molar-refractivity contribution in [3.8, 4) is 0 Å². The molecule has 6 nitrogen and oxygen atoms in total. The first-order valence-corrected chi connectivity index (χ1v) is 8.58. The molecule has 1 aliphatic heterocycles. The zero-order valence-electron chi connectivity index (χ0n) is 14.8. The molecule has 3 rings (SSSR count). The topological polar surface area (TPSA) is 56.0 Å². The van der Waals surface area contributed by atoms with E-state index in [0.29, 0.717) is 38.2 Å². The number of imidazole rings is 1. The van der Waals surface area contributed by atoms with Gasteiger partial charge in [-0.1, -0.05) is 0 Å². The van der Waals surface area contributed by atoms with E-state index >= 15 is 0 Å². The number of carbonyl (C=O) groups is 1. The SMILES string of the molecule is CN(CC1CCc2nc(C(F)(F)F)cn2C1)C(=O)CCc1ccnn1C. The maximum absolute atomic E-state index is 12.8. The molecular formula is C17H22F3N5O. The molecule has 0 N–H and O–H groups in total. The number of amides is 1. The van der Waals surface area contributed by atoms with E-state index in [2.05, 4.69) is 10.1 Å². The highest BCUT2D eigenvalue weighted by Crippen LogP contribution is 2.30. The van der Waals surface area contributed by atoms with Crippen molar-refractivity contribution in [2.45, 2.75) is 38.4 Å². The maximum Gasteiger partial charge on any atom is 0.434 e. The monoisotopic (exact) mass is 369 g/mol. The van der Waals surface area contributed by atoms with Gasteiger partial charge in [0.25, 0.3) is 0 Å². The van der Waals surface area contributed by atoms with Gasteiger partial charge in [0.2, 0.25) is 5.91 Å². The van der Waals surface area contributed by atoms with Crippen LogP contribution in [0.5, 0.6) is 0 Å². The molecule has 0 saturated heterocycles. The normalized spacial score (nSPS) is 17.2. The third kappa shape index (κ3) is 4.08. The van der Waals surface area contributed by atoms with E-state index in [1.807, 2.05) is 13.1 Å². The third-order valence-corrected chi connectivity index (χ3v) is 4.86. The van der Waals surface area contributed by atoms with E-state index in [9.17, 15) is 18.0 Å². The van der Waals surface area contributed by atoms with Crippen molar-refractivity contribution in [2.75, 3.05) is 13.6 Å². The second-order valence-corrected chi connectivity index (χ2v) is 6.82. The number of aromatic nitrogens is 4. The summed E-state index contributed by atoms with van der Waals surface area (Å²) in [5, 5.41) is 4.08. The minimum absolute atomic E-state index is 0.0265. The second kappa shape index (κ2) is 7.13. The molecule has 2 aromatic rings. The van der Waals surface area contributed by atoms with Crippen molar-refractivity contribution in [3.05, 3.63) is 35.7 Å². The lowest BCUT2D eigenvalue weighted by atomic mass is 9.99. The number of carbonyl (C=O) groups excluding carboxylic acids is 1. The van der Waals surface area contributed by atoms with Gasteiger partial charge in [-0.3, -0.25) is 9.48 Å². The lowest BCUT2D eigenvalue weighted by Gasteiger charge is -2.28. The van der Waals surface area contributed by atoms with E-state index in [-0.39, 0.29) is 11.8 Å². The Kier molecular flexibility index (Phi) is 5.06. The van der Waals surface area contributed by atoms with Crippen LogP contribution in [0.2, 0.25) is 0 Å². The van der Waals surface area contributed by atoms with Gasteiger partial charge in [-0.25, -0.2) is 4.98 Å². The zero-order valence-corrected chi connectivity index (χ0v) is 14.8. The summed E-state index contributed by atoms with van der Waals surface area (Å²) in [6, 6.07) is 1.88. The molecule has 3 heterocycles. The summed E-state index contributed by atoms with van der Waals surface area (Å²) in [5.74, 6) is 0.626. The largest absolute Gasteiger partial charge is 0.434 e. The first-order chi connectivity index (χ1) is 12.2. The molecule has 1 amide bonds.